The number of aromatic nitrogens is 1. The predicted molar refractivity (Wildman–Crippen MR) is 80.2 cm³/mol. The number of nitrogens with zero attached hydrogens (tertiary/aromatic N) is 2. The number of pyridine rings is 1. The number of hydrogen-bond donors (Lipinski definition) is 0. The third kappa shape index (κ3) is 2.81. The van der Waals surface area contributed by atoms with Crippen LogP contribution >= 0.6 is 45.7 Å². The lowest BCUT2D eigenvalue weighted by molar-refractivity contribution is 1.33. The molecular formula is C11H8I2N2. The fourth-order valence-corrected chi connectivity index (χ4v) is 1.89. The van der Waals surface area contributed by atoms with Gasteiger partial charge < -0.3 is 0 Å². The van der Waals surface area contributed by atoms with Crippen molar-refractivity contribution in [3.05, 3.63) is 48.7 Å². The van der Waals surface area contributed by atoms with Crippen molar-refractivity contribution in [2.24, 2.45) is 0 Å². The third-order valence-corrected chi connectivity index (χ3v) is 3.12. The van der Waals surface area contributed by atoms with E-state index in [1.54, 1.807) is 0 Å². The molecule has 76 valence electrons. The topological polar surface area (TPSA) is 16.1 Å². The molecular weight excluding hydrogens is 414 g/mol. The molecule has 1 aromatic heterocycles. The second-order valence-electron chi connectivity index (χ2n) is 3.00. The van der Waals surface area contributed by atoms with E-state index in [4.69, 9.17) is 0 Å². The first-order valence-corrected chi connectivity index (χ1v) is 6.33. The monoisotopic (exact) mass is 422 g/mol. The standard InChI is InChI=1S/C11H8I2N2/c12-15(13)10-6-7-14-11(8-10)9-4-2-1-3-5-9/h1-8H. The lowest BCUT2D eigenvalue weighted by Crippen LogP contribution is -1.91. The average molecular weight is 422 g/mol. The second-order valence-corrected chi connectivity index (χ2v) is 6.77. The van der Waals surface area contributed by atoms with Gasteiger partial charge in [-0.2, -0.15) is 0 Å². The molecule has 4 heteroatoms. The van der Waals surface area contributed by atoms with Crippen LogP contribution in [0.4, 0.5) is 5.69 Å². The average Bonchev–Trinajstić information content (AvgIpc) is 2.30. The molecule has 2 aromatic rings. The largest absolute Gasteiger partial charge is 0.256 e. The van der Waals surface area contributed by atoms with Crippen LogP contribution in [-0.2, 0) is 0 Å². The van der Waals surface area contributed by atoms with E-state index in [0.717, 1.165) is 16.9 Å². The van der Waals surface area contributed by atoms with Crippen LogP contribution in [0.5, 0.6) is 0 Å². The molecule has 0 amide bonds. The van der Waals surface area contributed by atoms with Gasteiger partial charge in [-0.25, -0.2) is 0 Å². The van der Waals surface area contributed by atoms with Crippen LogP contribution in [0.2, 0.25) is 0 Å². The van der Waals surface area contributed by atoms with Gasteiger partial charge in [0.25, 0.3) is 0 Å². The second kappa shape index (κ2) is 5.11. The summed E-state index contributed by atoms with van der Waals surface area (Å²) in [6.07, 6.45) is 1.84. The van der Waals surface area contributed by atoms with Gasteiger partial charge in [0.2, 0.25) is 0 Å². The van der Waals surface area contributed by atoms with E-state index in [1.807, 2.05) is 31.8 Å². The highest BCUT2D eigenvalue weighted by atomic mass is 127. The molecule has 0 N–H and O–H groups in total. The van der Waals surface area contributed by atoms with Gasteiger partial charge >= 0.3 is 0 Å². The summed E-state index contributed by atoms with van der Waals surface area (Å²) in [5, 5.41) is 0. The summed E-state index contributed by atoms with van der Waals surface area (Å²) in [6, 6.07) is 14.3. The highest BCUT2D eigenvalue weighted by Crippen LogP contribution is 2.26. The Balaban J connectivity index is 2.42. The Hall–Kier alpha value is -0.370. The number of anilines is 1. The van der Waals surface area contributed by atoms with Crippen molar-refractivity contribution in [3.63, 3.8) is 0 Å². The maximum atomic E-state index is 4.36. The fraction of sp³-hybridized carbons (Fsp3) is 0. The summed E-state index contributed by atoms with van der Waals surface area (Å²) >= 11 is 4.47. The van der Waals surface area contributed by atoms with Crippen molar-refractivity contribution in [1.82, 2.24) is 4.98 Å². The van der Waals surface area contributed by atoms with Gasteiger partial charge in [0.15, 0.2) is 0 Å². The van der Waals surface area contributed by atoms with Gasteiger partial charge in [-0.15, -0.1) is 0 Å². The molecule has 0 atom stereocenters. The zero-order valence-electron chi connectivity index (χ0n) is 7.77. The fourth-order valence-electron chi connectivity index (χ4n) is 1.29. The SMILES string of the molecule is IN(I)c1ccnc(-c2ccccc2)c1. The summed E-state index contributed by atoms with van der Waals surface area (Å²) in [6.45, 7) is 0. The number of halogens is 2. The van der Waals surface area contributed by atoms with Crippen LogP contribution < -0.4 is 1.33 Å². The molecule has 1 heterocycles. The zero-order valence-corrected chi connectivity index (χ0v) is 12.1. The van der Waals surface area contributed by atoms with Crippen LogP contribution in [-0.4, -0.2) is 4.98 Å². The van der Waals surface area contributed by atoms with Crippen molar-refractivity contribution in [2.45, 2.75) is 0 Å². The normalized spacial score (nSPS) is 10.0. The summed E-state index contributed by atoms with van der Waals surface area (Å²) in [4.78, 5) is 4.36. The van der Waals surface area contributed by atoms with Gasteiger partial charge in [0.1, 0.15) is 0 Å². The van der Waals surface area contributed by atoms with Crippen LogP contribution in [0, 0.1) is 0 Å². The van der Waals surface area contributed by atoms with E-state index >= 15 is 0 Å². The number of hydrogen-bond acceptors (Lipinski definition) is 2. The van der Waals surface area contributed by atoms with Crippen molar-refractivity contribution < 1.29 is 0 Å². The Bertz CT molecular complexity index is 443. The Morgan fingerprint density at radius 3 is 2.40 bits per heavy atom. The van der Waals surface area contributed by atoms with Crippen molar-refractivity contribution in [2.75, 3.05) is 1.33 Å². The highest BCUT2D eigenvalue weighted by Gasteiger charge is 2.02. The van der Waals surface area contributed by atoms with Crippen LogP contribution in [0.3, 0.4) is 0 Å². The Kier molecular flexibility index (Phi) is 3.79. The molecule has 0 aliphatic carbocycles. The molecule has 0 saturated carbocycles. The van der Waals surface area contributed by atoms with Gasteiger partial charge in [-0.1, -0.05) is 30.3 Å². The maximum absolute atomic E-state index is 4.36. The van der Waals surface area contributed by atoms with Crippen molar-refractivity contribution in [1.29, 1.82) is 0 Å². The zero-order chi connectivity index (χ0) is 10.7. The Labute approximate surface area is 117 Å². The summed E-state index contributed by atoms with van der Waals surface area (Å²) in [5.74, 6) is 0. The minimum Gasteiger partial charge on any atom is -0.256 e. The highest BCUT2D eigenvalue weighted by molar-refractivity contribution is 14.2. The molecule has 0 unspecified atom stereocenters. The predicted octanol–water partition coefficient (Wildman–Crippen LogP) is 4.26. The first-order chi connectivity index (χ1) is 7.27. The number of rotatable bonds is 2. The maximum Gasteiger partial charge on any atom is 0.0723 e. The molecule has 0 aliphatic heterocycles. The Morgan fingerprint density at radius 2 is 1.73 bits per heavy atom. The molecule has 2 nitrogen and oxygen atoms in total. The van der Waals surface area contributed by atoms with Gasteiger partial charge in [-0.05, 0) is 12.1 Å². The molecule has 0 spiro atoms. The van der Waals surface area contributed by atoms with E-state index in [0.29, 0.717) is 0 Å². The Morgan fingerprint density at radius 1 is 1.00 bits per heavy atom. The first kappa shape index (κ1) is 11.1. The van der Waals surface area contributed by atoms with E-state index in [9.17, 15) is 0 Å². The quantitative estimate of drug-likeness (QED) is 0.532. The summed E-state index contributed by atoms with van der Waals surface area (Å²) in [5.41, 5.74) is 3.30. The van der Waals surface area contributed by atoms with E-state index in [1.165, 1.54) is 0 Å². The molecule has 2 rings (SSSR count). The smallest absolute Gasteiger partial charge is 0.0723 e. The van der Waals surface area contributed by atoms with Crippen LogP contribution in [0.25, 0.3) is 11.3 Å². The molecule has 15 heavy (non-hydrogen) atoms. The van der Waals surface area contributed by atoms with Gasteiger partial charge in [-0.3, -0.25) is 6.31 Å². The third-order valence-electron chi connectivity index (χ3n) is 2.01. The van der Waals surface area contributed by atoms with Crippen LogP contribution in [0.15, 0.2) is 48.7 Å². The molecule has 0 aliphatic rings. The molecule has 0 saturated heterocycles. The molecule has 0 fully saturated rings. The van der Waals surface area contributed by atoms with Gasteiger partial charge in [0, 0.05) is 11.8 Å². The van der Waals surface area contributed by atoms with E-state index in [2.05, 4.69) is 68.9 Å². The lowest BCUT2D eigenvalue weighted by atomic mass is 10.1. The summed E-state index contributed by atoms with van der Waals surface area (Å²) in [7, 11) is 0. The van der Waals surface area contributed by atoms with Crippen molar-refractivity contribution in [3.8, 4) is 11.3 Å². The number of benzene rings is 1. The lowest BCUT2D eigenvalue weighted by Gasteiger charge is -2.08. The van der Waals surface area contributed by atoms with E-state index in [-0.39, 0.29) is 0 Å². The van der Waals surface area contributed by atoms with Crippen molar-refractivity contribution >= 4 is 51.4 Å². The minimum atomic E-state index is 1.01. The van der Waals surface area contributed by atoms with Gasteiger partial charge in [0.05, 0.1) is 57.1 Å². The molecule has 0 radical (unpaired) electrons. The van der Waals surface area contributed by atoms with E-state index < -0.39 is 0 Å². The summed E-state index contributed by atoms with van der Waals surface area (Å²) < 4.78 is 2.02. The van der Waals surface area contributed by atoms with Crippen LogP contribution in [0.1, 0.15) is 0 Å². The molecule has 0 bridgehead atoms. The minimum absolute atomic E-state index is 1.01. The first-order valence-electron chi connectivity index (χ1n) is 4.40. The molecule has 1 aromatic carbocycles.